The molecule has 6 nitrogen and oxygen atoms in total. The maximum absolute atomic E-state index is 12.1. The fourth-order valence-corrected chi connectivity index (χ4v) is 3.68. The summed E-state index contributed by atoms with van der Waals surface area (Å²) in [6.07, 6.45) is 7.72. The topological polar surface area (TPSA) is 73.9 Å². The average molecular weight is 335 g/mol. The van der Waals surface area contributed by atoms with Gasteiger partial charge in [-0.1, -0.05) is 0 Å². The number of nitrogens with zero attached hydrogens (tertiary/aromatic N) is 3. The van der Waals surface area contributed by atoms with Crippen LogP contribution >= 0.6 is 0 Å². The van der Waals surface area contributed by atoms with Crippen LogP contribution in [0, 0.1) is 0 Å². The SMILES string of the molecule is CNC(=O)c1cccnc1N1CCC(c2c[nH]c3ncccc23)CC1. The van der Waals surface area contributed by atoms with Crippen molar-refractivity contribution in [2.24, 2.45) is 0 Å². The molecule has 4 rings (SSSR count). The van der Waals surface area contributed by atoms with Crippen molar-refractivity contribution in [1.82, 2.24) is 20.3 Å². The summed E-state index contributed by atoms with van der Waals surface area (Å²) in [6, 6.07) is 7.75. The van der Waals surface area contributed by atoms with Gasteiger partial charge in [0, 0.05) is 44.1 Å². The summed E-state index contributed by atoms with van der Waals surface area (Å²) < 4.78 is 0. The lowest BCUT2D eigenvalue weighted by molar-refractivity contribution is 0.0963. The largest absolute Gasteiger partial charge is 0.356 e. The molecule has 0 atom stereocenters. The van der Waals surface area contributed by atoms with Gasteiger partial charge < -0.3 is 15.2 Å². The standard InChI is InChI=1S/C19H21N5O/c1-20-19(25)15-5-3-9-22-18(15)24-10-6-13(7-11-24)16-12-23-17-14(16)4-2-8-21-17/h2-5,8-9,12-13H,6-7,10-11H2,1H3,(H,20,25)(H,21,23). The summed E-state index contributed by atoms with van der Waals surface area (Å²) in [7, 11) is 1.65. The number of amides is 1. The molecule has 3 aromatic heterocycles. The molecule has 25 heavy (non-hydrogen) atoms. The molecule has 0 radical (unpaired) electrons. The minimum atomic E-state index is -0.0899. The zero-order valence-corrected chi connectivity index (χ0v) is 14.2. The van der Waals surface area contributed by atoms with Gasteiger partial charge in [-0.2, -0.15) is 0 Å². The second kappa shape index (κ2) is 6.55. The first-order valence-electron chi connectivity index (χ1n) is 8.62. The van der Waals surface area contributed by atoms with Crippen LogP contribution in [0.3, 0.4) is 0 Å². The van der Waals surface area contributed by atoms with E-state index in [0.29, 0.717) is 11.5 Å². The zero-order valence-electron chi connectivity index (χ0n) is 14.2. The number of aromatic amines is 1. The highest BCUT2D eigenvalue weighted by Gasteiger charge is 2.25. The van der Waals surface area contributed by atoms with Crippen LogP contribution in [0.25, 0.3) is 11.0 Å². The van der Waals surface area contributed by atoms with E-state index in [9.17, 15) is 4.79 Å². The third-order valence-corrected chi connectivity index (χ3v) is 4.98. The van der Waals surface area contributed by atoms with Gasteiger partial charge in [0.1, 0.15) is 11.5 Å². The minimum absolute atomic E-state index is 0.0899. The second-order valence-corrected chi connectivity index (χ2v) is 6.36. The number of pyridine rings is 2. The number of hydrogen-bond donors (Lipinski definition) is 2. The molecule has 1 amide bonds. The van der Waals surface area contributed by atoms with Gasteiger partial charge in [-0.15, -0.1) is 0 Å². The van der Waals surface area contributed by atoms with E-state index in [1.807, 2.05) is 18.3 Å². The molecule has 6 heteroatoms. The Morgan fingerprint density at radius 1 is 1.20 bits per heavy atom. The number of hydrogen-bond acceptors (Lipinski definition) is 4. The Hall–Kier alpha value is -2.89. The molecule has 0 saturated carbocycles. The minimum Gasteiger partial charge on any atom is -0.356 e. The van der Waals surface area contributed by atoms with Crippen LogP contribution in [-0.2, 0) is 0 Å². The van der Waals surface area contributed by atoms with Crippen LogP contribution < -0.4 is 10.2 Å². The van der Waals surface area contributed by atoms with Crippen molar-refractivity contribution in [2.75, 3.05) is 25.0 Å². The van der Waals surface area contributed by atoms with E-state index >= 15 is 0 Å². The predicted molar refractivity (Wildman–Crippen MR) is 97.9 cm³/mol. The number of nitrogens with one attached hydrogen (secondary N) is 2. The highest BCUT2D eigenvalue weighted by molar-refractivity contribution is 5.98. The number of piperidine rings is 1. The van der Waals surface area contributed by atoms with Gasteiger partial charge in [-0.25, -0.2) is 9.97 Å². The first-order valence-corrected chi connectivity index (χ1v) is 8.62. The summed E-state index contributed by atoms with van der Waals surface area (Å²) in [5, 5.41) is 3.91. The van der Waals surface area contributed by atoms with E-state index in [1.165, 1.54) is 10.9 Å². The summed E-state index contributed by atoms with van der Waals surface area (Å²) in [5.74, 6) is 1.19. The molecule has 0 spiro atoms. The maximum Gasteiger partial charge on any atom is 0.254 e. The lowest BCUT2D eigenvalue weighted by Crippen LogP contribution is -2.35. The van der Waals surface area contributed by atoms with Crippen molar-refractivity contribution in [3.63, 3.8) is 0 Å². The maximum atomic E-state index is 12.1. The highest BCUT2D eigenvalue weighted by atomic mass is 16.1. The summed E-state index contributed by atoms with van der Waals surface area (Å²) in [4.78, 5) is 26.4. The van der Waals surface area contributed by atoms with Gasteiger partial charge in [0.15, 0.2) is 0 Å². The molecule has 0 aliphatic carbocycles. The fraction of sp³-hybridized carbons (Fsp3) is 0.316. The molecular formula is C19H21N5O. The van der Waals surface area contributed by atoms with Crippen molar-refractivity contribution >= 4 is 22.8 Å². The Morgan fingerprint density at radius 2 is 1.96 bits per heavy atom. The number of H-pyrrole nitrogens is 1. The smallest absolute Gasteiger partial charge is 0.254 e. The Balaban J connectivity index is 1.53. The van der Waals surface area contributed by atoms with Gasteiger partial charge in [0.2, 0.25) is 0 Å². The van der Waals surface area contributed by atoms with Crippen LogP contribution in [0.15, 0.2) is 42.9 Å². The van der Waals surface area contributed by atoms with Gasteiger partial charge in [-0.05, 0) is 48.6 Å². The molecule has 0 bridgehead atoms. The molecule has 2 N–H and O–H groups in total. The first kappa shape index (κ1) is 15.6. The normalized spacial score (nSPS) is 15.5. The van der Waals surface area contributed by atoms with Crippen molar-refractivity contribution in [3.05, 3.63) is 54.0 Å². The third-order valence-electron chi connectivity index (χ3n) is 4.98. The molecule has 1 aliphatic heterocycles. The second-order valence-electron chi connectivity index (χ2n) is 6.36. The van der Waals surface area contributed by atoms with Crippen LogP contribution in [0.5, 0.6) is 0 Å². The summed E-state index contributed by atoms with van der Waals surface area (Å²) >= 11 is 0. The number of aromatic nitrogens is 3. The molecule has 0 unspecified atom stereocenters. The van der Waals surface area contributed by atoms with E-state index in [1.54, 1.807) is 19.3 Å². The van der Waals surface area contributed by atoms with Crippen LogP contribution in [0.4, 0.5) is 5.82 Å². The zero-order chi connectivity index (χ0) is 17.2. The molecule has 1 aliphatic rings. The monoisotopic (exact) mass is 335 g/mol. The van der Waals surface area contributed by atoms with Gasteiger partial charge in [0.05, 0.1) is 5.56 Å². The van der Waals surface area contributed by atoms with E-state index in [4.69, 9.17) is 0 Å². The van der Waals surface area contributed by atoms with Gasteiger partial charge in [-0.3, -0.25) is 4.79 Å². The van der Waals surface area contributed by atoms with Crippen LogP contribution in [0.1, 0.15) is 34.7 Å². The predicted octanol–water partition coefficient (Wildman–Crippen LogP) is 2.70. The van der Waals surface area contributed by atoms with Crippen molar-refractivity contribution < 1.29 is 4.79 Å². The quantitative estimate of drug-likeness (QED) is 0.772. The highest BCUT2D eigenvalue weighted by Crippen LogP contribution is 2.34. The Kier molecular flexibility index (Phi) is 4.09. The third kappa shape index (κ3) is 2.84. The Morgan fingerprint density at radius 3 is 2.76 bits per heavy atom. The number of carbonyl (C=O) groups excluding carboxylic acids is 1. The Bertz CT molecular complexity index is 895. The van der Waals surface area contributed by atoms with Crippen LogP contribution in [-0.4, -0.2) is 41.0 Å². The van der Waals surface area contributed by atoms with E-state index in [0.717, 1.165) is 37.4 Å². The molecule has 128 valence electrons. The van der Waals surface area contributed by atoms with Crippen molar-refractivity contribution in [1.29, 1.82) is 0 Å². The lowest BCUT2D eigenvalue weighted by atomic mass is 9.89. The van der Waals surface area contributed by atoms with Gasteiger partial charge in [0.25, 0.3) is 5.91 Å². The van der Waals surface area contributed by atoms with E-state index < -0.39 is 0 Å². The fourth-order valence-electron chi connectivity index (χ4n) is 3.68. The number of fused-ring (bicyclic) bond motifs is 1. The average Bonchev–Trinajstić information content (AvgIpc) is 3.12. The van der Waals surface area contributed by atoms with Gasteiger partial charge >= 0.3 is 0 Å². The van der Waals surface area contributed by atoms with E-state index in [-0.39, 0.29) is 5.91 Å². The summed E-state index contributed by atoms with van der Waals surface area (Å²) in [5.41, 5.74) is 2.93. The molecule has 1 fully saturated rings. The molecule has 1 saturated heterocycles. The van der Waals surface area contributed by atoms with Crippen molar-refractivity contribution in [3.8, 4) is 0 Å². The molecule has 0 aromatic carbocycles. The molecule has 4 heterocycles. The number of rotatable bonds is 3. The van der Waals surface area contributed by atoms with Crippen molar-refractivity contribution in [2.45, 2.75) is 18.8 Å². The number of carbonyl (C=O) groups is 1. The number of anilines is 1. The van der Waals surface area contributed by atoms with E-state index in [2.05, 4.69) is 37.4 Å². The van der Waals surface area contributed by atoms with Crippen LogP contribution in [0.2, 0.25) is 0 Å². The molecular weight excluding hydrogens is 314 g/mol. The molecule has 3 aromatic rings. The first-order chi connectivity index (χ1) is 12.3. The summed E-state index contributed by atoms with van der Waals surface area (Å²) in [6.45, 7) is 1.78. The lowest BCUT2D eigenvalue weighted by Gasteiger charge is -2.33. The Labute approximate surface area is 146 Å².